The maximum absolute atomic E-state index is 13.0. The van der Waals surface area contributed by atoms with Gasteiger partial charge in [-0.2, -0.15) is 8.78 Å². The van der Waals surface area contributed by atoms with Gasteiger partial charge in [-0.25, -0.2) is 13.2 Å². The first kappa shape index (κ1) is 16.8. The second-order valence-electron chi connectivity index (χ2n) is 4.12. The molecule has 0 aliphatic heterocycles. The van der Waals surface area contributed by atoms with Crippen molar-refractivity contribution in [3.8, 4) is 0 Å². The van der Waals surface area contributed by atoms with Crippen LogP contribution in [0.5, 0.6) is 0 Å². The minimum atomic E-state index is -4.20. The number of alkyl halides is 4. The van der Waals surface area contributed by atoms with E-state index < -0.39 is 30.8 Å². The van der Waals surface area contributed by atoms with E-state index in [0.717, 1.165) is 6.20 Å². The van der Waals surface area contributed by atoms with E-state index in [1.165, 1.54) is 12.3 Å². The summed E-state index contributed by atoms with van der Waals surface area (Å²) in [4.78, 5) is 3.63. The van der Waals surface area contributed by atoms with Gasteiger partial charge in [0.15, 0.2) is 0 Å². The van der Waals surface area contributed by atoms with Gasteiger partial charge in [0.25, 0.3) is 0 Å². The Balaban J connectivity index is 2.60. The highest BCUT2D eigenvalue weighted by Gasteiger charge is 2.41. The van der Waals surface area contributed by atoms with E-state index in [-0.39, 0.29) is 6.61 Å². The molecule has 0 bridgehead atoms. The number of hydrogen-bond acceptors (Lipinski definition) is 3. The Morgan fingerprint density at radius 1 is 1.35 bits per heavy atom. The van der Waals surface area contributed by atoms with Gasteiger partial charge in [0, 0.05) is 6.20 Å². The molecule has 1 aromatic rings. The Labute approximate surface area is 113 Å². The highest BCUT2D eigenvalue weighted by Crippen LogP contribution is 2.23. The van der Waals surface area contributed by atoms with E-state index in [4.69, 9.17) is 0 Å². The van der Waals surface area contributed by atoms with Crippen molar-refractivity contribution in [3.63, 3.8) is 0 Å². The smallest absolute Gasteiger partial charge is 0.330 e. The molecule has 0 saturated carbocycles. The summed E-state index contributed by atoms with van der Waals surface area (Å²) < 4.78 is 66.9. The van der Waals surface area contributed by atoms with Crippen LogP contribution in [0.3, 0.4) is 0 Å². The van der Waals surface area contributed by atoms with Gasteiger partial charge in [-0.3, -0.25) is 4.98 Å². The Bertz CT molecular complexity index is 417. The average molecular weight is 298 g/mol. The van der Waals surface area contributed by atoms with E-state index in [2.05, 4.69) is 15.0 Å². The SMILES string of the molecule is CCNC(COCC(F)(F)C(F)F)c1cncc(F)c1. The summed E-state index contributed by atoms with van der Waals surface area (Å²) >= 11 is 0. The van der Waals surface area contributed by atoms with Crippen LogP contribution in [-0.4, -0.2) is 37.1 Å². The standard InChI is InChI=1S/C12H15F5N2O/c1-2-19-10(8-3-9(13)5-18-4-8)6-20-7-12(16,17)11(14)15/h3-5,10-11,19H,2,6-7H2,1H3. The molecule has 1 unspecified atom stereocenters. The number of halogens is 5. The van der Waals surface area contributed by atoms with Crippen LogP contribution in [0, 0.1) is 5.82 Å². The predicted molar refractivity (Wildman–Crippen MR) is 62.4 cm³/mol. The summed E-state index contributed by atoms with van der Waals surface area (Å²) in [7, 11) is 0. The summed E-state index contributed by atoms with van der Waals surface area (Å²) in [5.74, 6) is -4.78. The van der Waals surface area contributed by atoms with Crippen molar-refractivity contribution < 1.29 is 26.7 Å². The zero-order chi connectivity index (χ0) is 15.2. The third-order valence-corrected chi connectivity index (χ3v) is 2.48. The number of aromatic nitrogens is 1. The lowest BCUT2D eigenvalue weighted by atomic mass is 10.1. The molecule has 1 heterocycles. The van der Waals surface area contributed by atoms with Crippen molar-refractivity contribution in [1.29, 1.82) is 0 Å². The number of rotatable bonds is 8. The fourth-order valence-electron chi connectivity index (χ4n) is 1.51. The zero-order valence-electron chi connectivity index (χ0n) is 10.8. The zero-order valence-corrected chi connectivity index (χ0v) is 10.8. The highest BCUT2D eigenvalue weighted by atomic mass is 19.3. The number of nitrogens with zero attached hydrogens (tertiary/aromatic N) is 1. The van der Waals surface area contributed by atoms with E-state index in [1.807, 2.05) is 0 Å². The monoisotopic (exact) mass is 298 g/mol. The van der Waals surface area contributed by atoms with Gasteiger partial charge in [-0.15, -0.1) is 0 Å². The fraction of sp³-hybridized carbons (Fsp3) is 0.583. The number of nitrogens with one attached hydrogen (secondary N) is 1. The van der Waals surface area contributed by atoms with Gasteiger partial charge < -0.3 is 10.1 Å². The predicted octanol–water partition coefficient (Wildman–Crippen LogP) is 2.79. The lowest BCUT2D eigenvalue weighted by Gasteiger charge is -2.20. The van der Waals surface area contributed by atoms with Crippen LogP contribution >= 0.6 is 0 Å². The highest BCUT2D eigenvalue weighted by molar-refractivity contribution is 5.15. The summed E-state index contributed by atoms with van der Waals surface area (Å²) in [5, 5.41) is 2.88. The lowest BCUT2D eigenvalue weighted by molar-refractivity contribution is -0.167. The van der Waals surface area contributed by atoms with Crippen LogP contribution in [0.1, 0.15) is 18.5 Å². The first-order valence-corrected chi connectivity index (χ1v) is 5.94. The van der Waals surface area contributed by atoms with Crippen LogP contribution in [0.15, 0.2) is 18.5 Å². The van der Waals surface area contributed by atoms with E-state index in [9.17, 15) is 22.0 Å². The molecule has 1 atom stereocenters. The number of ether oxygens (including phenoxy) is 1. The molecule has 0 aromatic carbocycles. The van der Waals surface area contributed by atoms with Crippen LogP contribution in [-0.2, 0) is 4.74 Å². The number of hydrogen-bond donors (Lipinski definition) is 1. The number of pyridine rings is 1. The summed E-state index contributed by atoms with van der Waals surface area (Å²) in [6.07, 6.45) is -1.43. The molecule has 3 nitrogen and oxygen atoms in total. The number of likely N-dealkylation sites (N-methyl/N-ethyl adjacent to an activating group) is 1. The van der Waals surface area contributed by atoms with E-state index >= 15 is 0 Å². The first-order valence-electron chi connectivity index (χ1n) is 5.94. The molecule has 8 heteroatoms. The van der Waals surface area contributed by atoms with Gasteiger partial charge in [-0.05, 0) is 18.2 Å². The molecule has 0 aliphatic carbocycles. The Morgan fingerprint density at radius 2 is 2.05 bits per heavy atom. The molecule has 1 aromatic heterocycles. The van der Waals surface area contributed by atoms with Crippen molar-refractivity contribution in [1.82, 2.24) is 10.3 Å². The molecule has 0 fully saturated rings. The maximum atomic E-state index is 13.0. The lowest BCUT2D eigenvalue weighted by Crippen LogP contribution is -2.34. The van der Waals surface area contributed by atoms with Crippen molar-refractivity contribution in [2.24, 2.45) is 0 Å². The first-order chi connectivity index (χ1) is 9.36. The molecule has 1 N–H and O–H groups in total. The Kier molecular flexibility index (Phi) is 6.28. The van der Waals surface area contributed by atoms with Crippen LogP contribution in [0.2, 0.25) is 0 Å². The normalized spacial score (nSPS) is 13.8. The Hall–Kier alpha value is -1.28. The molecule has 0 spiro atoms. The second-order valence-corrected chi connectivity index (χ2v) is 4.12. The van der Waals surface area contributed by atoms with Crippen molar-refractivity contribution in [2.45, 2.75) is 25.3 Å². The van der Waals surface area contributed by atoms with Gasteiger partial charge in [-0.1, -0.05) is 6.92 Å². The molecule has 0 saturated heterocycles. The van der Waals surface area contributed by atoms with Crippen LogP contribution in [0.25, 0.3) is 0 Å². The molecule has 1 rings (SSSR count). The average Bonchev–Trinajstić information content (AvgIpc) is 2.37. The van der Waals surface area contributed by atoms with Crippen LogP contribution < -0.4 is 5.32 Å². The van der Waals surface area contributed by atoms with Gasteiger partial charge in [0.05, 0.1) is 18.8 Å². The summed E-state index contributed by atoms with van der Waals surface area (Å²) in [6, 6.07) is 0.575. The van der Waals surface area contributed by atoms with Gasteiger partial charge in [0.1, 0.15) is 12.4 Å². The summed E-state index contributed by atoms with van der Waals surface area (Å²) in [5.41, 5.74) is 0.396. The van der Waals surface area contributed by atoms with E-state index in [1.54, 1.807) is 6.92 Å². The largest absolute Gasteiger partial charge is 0.373 e. The molecule has 0 amide bonds. The molecule has 20 heavy (non-hydrogen) atoms. The fourth-order valence-corrected chi connectivity index (χ4v) is 1.51. The van der Waals surface area contributed by atoms with Crippen molar-refractivity contribution in [2.75, 3.05) is 19.8 Å². The second kappa shape index (κ2) is 7.49. The topological polar surface area (TPSA) is 34.1 Å². The summed E-state index contributed by atoms with van der Waals surface area (Å²) in [6.45, 7) is 0.542. The van der Waals surface area contributed by atoms with Gasteiger partial charge >= 0.3 is 12.3 Å². The third-order valence-electron chi connectivity index (χ3n) is 2.48. The third kappa shape index (κ3) is 5.01. The van der Waals surface area contributed by atoms with Crippen molar-refractivity contribution in [3.05, 3.63) is 29.8 Å². The van der Waals surface area contributed by atoms with Crippen LogP contribution in [0.4, 0.5) is 22.0 Å². The Morgan fingerprint density at radius 3 is 2.60 bits per heavy atom. The quantitative estimate of drug-likeness (QED) is 0.749. The molecular formula is C12H15F5N2O. The van der Waals surface area contributed by atoms with Crippen molar-refractivity contribution >= 4 is 0 Å². The molecule has 0 aliphatic rings. The molecule has 114 valence electrons. The maximum Gasteiger partial charge on any atom is 0.330 e. The minimum Gasteiger partial charge on any atom is -0.373 e. The molecular weight excluding hydrogens is 283 g/mol. The molecule has 0 radical (unpaired) electrons. The van der Waals surface area contributed by atoms with E-state index in [0.29, 0.717) is 12.1 Å². The minimum absolute atomic E-state index is 0.290. The van der Waals surface area contributed by atoms with Gasteiger partial charge in [0.2, 0.25) is 0 Å².